The van der Waals surface area contributed by atoms with Gasteiger partial charge >= 0.3 is 5.97 Å². The maximum atomic E-state index is 11.1. The number of ether oxygens (including phenoxy) is 2. The van der Waals surface area contributed by atoms with Gasteiger partial charge in [0, 0.05) is 24.6 Å². The highest BCUT2D eigenvalue weighted by Gasteiger charge is 2.06. The van der Waals surface area contributed by atoms with Gasteiger partial charge in [-0.05, 0) is 60.8 Å². The summed E-state index contributed by atoms with van der Waals surface area (Å²) < 4.78 is 13.8. The zero-order valence-electron chi connectivity index (χ0n) is 18.9. The fourth-order valence-corrected chi connectivity index (χ4v) is 4.32. The Balaban J connectivity index is 0.000000357. The number of hydrogen-bond donors (Lipinski definition) is 3. The van der Waals surface area contributed by atoms with Gasteiger partial charge in [0.1, 0.15) is 12.3 Å². The molecule has 176 valence electrons. The Bertz CT molecular complexity index is 1030. The predicted molar refractivity (Wildman–Crippen MR) is 134 cm³/mol. The molecule has 0 unspecified atom stereocenters. The second kappa shape index (κ2) is 14.2. The summed E-state index contributed by atoms with van der Waals surface area (Å²) in [6.45, 7) is 2.42. The van der Waals surface area contributed by atoms with Crippen molar-refractivity contribution in [3.63, 3.8) is 0 Å². The fraction of sp³-hybridized carbons (Fsp3) is 0.217. The molecule has 0 bridgehead atoms. The van der Waals surface area contributed by atoms with Gasteiger partial charge in [-0.1, -0.05) is 18.2 Å². The summed E-state index contributed by atoms with van der Waals surface area (Å²) in [4.78, 5) is 16.5. The SMILES string of the molecule is COC(=O)CN(N)/C=C(\N)CNSc1ccc(-c2ccccn2)s1.COc1cccc(C)c1. The van der Waals surface area contributed by atoms with E-state index in [1.54, 1.807) is 24.6 Å². The first-order valence-corrected chi connectivity index (χ1v) is 11.6. The number of hydrogen-bond acceptors (Lipinski definition) is 10. The van der Waals surface area contributed by atoms with Crippen LogP contribution in [0.25, 0.3) is 10.6 Å². The van der Waals surface area contributed by atoms with Crippen molar-refractivity contribution < 1.29 is 14.3 Å². The molecule has 3 aromatic rings. The first kappa shape index (κ1) is 26.2. The number of nitrogens with one attached hydrogen (secondary N) is 1. The van der Waals surface area contributed by atoms with Crippen molar-refractivity contribution >= 4 is 29.3 Å². The Morgan fingerprint density at radius 2 is 2.03 bits per heavy atom. The Labute approximate surface area is 202 Å². The Morgan fingerprint density at radius 1 is 1.21 bits per heavy atom. The highest BCUT2D eigenvalue weighted by atomic mass is 32.2. The summed E-state index contributed by atoms with van der Waals surface area (Å²) in [6, 6.07) is 17.9. The average Bonchev–Trinajstić information content (AvgIpc) is 3.28. The lowest BCUT2D eigenvalue weighted by Crippen LogP contribution is -2.33. The van der Waals surface area contributed by atoms with Crippen LogP contribution >= 0.6 is 23.3 Å². The molecule has 0 saturated carbocycles. The number of carbonyl (C=O) groups is 1. The molecule has 0 saturated heterocycles. The van der Waals surface area contributed by atoms with Crippen molar-refractivity contribution in [2.75, 3.05) is 27.3 Å². The lowest BCUT2D eigenvalue weighted by molar-refractivity contribution is -0.141. The molecule has 0 radical (unpaired) electrons. The number of aryl methyl sites for hydroxylation is 1. The predicted octanol–water partition coefficient (Wildman–Crippen LogP) is 3.56. The molecule has 0 amide bonds. The number of thiophene rings is 1. The molecule has 0 aliphatic rings. The molecule has 10 heteroatoms. The van der Waals surface area contributed by atoms with E-state index in [9.17, 15) is 4.79 Å². The highest BCUT2D eigenvalue weighted by molar-refractivity contribution is 7.99. The van der Waals surface area contributed by atoms with E-state index in [4.69, 9.17) is 16.3 Å². The van der Waals surface area contributed by atoms with Crippen LogP contribution in [0.15, 0.2) is 76.9 Å². The summed E-state index contributed by atoms with van der Waals surface area (Å²) >= 11 is 3.12. The first-order chi connectivity index (χ1) is 15.9. The molecule has 33 heavy (non-hydrogen) atoms. The smallest absolute Gasteiger partial charge is 0.326 e. The lowest BCUT2D eigenvalue weighted by atomic mass is 10.2. The molecule has 1 aromatic carbocycles. The third kappa shape index (κ3) is 9.96. The van der Waals surface area contributed by atoms with Crippen LogP contribution in [0, 0.1) is 6.92 Å². The molecule has 0 spiro atoms. The Morgan fingerprint density at radius 3 is 2.67 bits per heavy atom. The molecule has 0 aliphatic heterocycles. The van der Waals surface area contributed by atoms with Crippen molar-refractivity contribution in [3.8, 4) is 16.3 Å². The van der Waals surface area contributed by atoms with Crippen LogP contribution in [0.5, 0.6) is 5.75 Å². The van der Waals surface area contributed by atoms with Crippen LogP contribution < -0.4 is 21.0 Å². The standard InChI is InChI=1S/C15H19N5O2S2.C8H10O/c1-22-14(21)10-20(17)9-11(16)8-19-24-15-6-5-13(23-15)12-4-2-3-7-18-12;1-7-4-3-5-8(6-7)9-2/h2-7,9,19H,8,10,16-17H2,1H3;3-6H,1-2H3/b11-9-;. The van der Waals surface area contributed by atoms with E-state index in [-0.39, 0.29) is 6.54 Å². The van der Waals surface area contributed by atoms with E-state index >= 15 is 0 Å². The van der Waals surface area contributed by atoms with Crippen LogP contribution in [0.4, 0.5) is 0 Å². The van der Waals surface area contributed by atoms with Gasteiger partial charge in [-0.15, -0.1) is 11.3 Å². The minimum absolute atomic E-state index is 0.0529. The quantitative estimate of drug-likeness (QED) is 0.180. The van der Waals surface area contributed by atoms with Gasteiger partial charge in [-0.25, -0.2) is 5.84 Å². The second-order valence-corrected chi connectivity index (χ2v) is 9.00. The summed E-state index contributed by atoms with van der Waals surface area (Å²) in [6.07, 6.45) is 3.27. The van der Waals surface area contributed by atoms with Crippen LogP contribution in [-0.4, -0.2) is 43.3 Å². The molecule has 0 aliphatic carbocycles. The van der Waals surface area contributed by atoms with Crippen molar-refractivity contribution in [3.05, 3.63) is 78.3 Å². The van der Waals surface area contributed by atoms with Crippen LogP contribution in [0.3, 0.4) is 0 Å². The summed E-state index contributed by atoms with van der Waals surface area (Å²) in [7, 11) is 2.98. The fourth-order valence-electron chi connectivity index (χ4n) is 2.47. The van der Waals surface area contributed by atoms with E-state index in [0.29, 0.717) is 12.2 Å². The number of hydrazine groups is 1. The molecule has 8 nitrogen and oxygen atoms in total. The van der Waals surface area contributed by atoms with Gasteiger partial charge in [-0.2, -0.15) is 0 Å². The summed E-state index contributed by atoms with van der Waals surface area (Å²) in [5, 5.41) is 1.19. The zero-order valence-corrected chi connectivity index (χ0v) is 20.5. The zero-order chi connectivity index (χ0) is 24.1. The molecule has 0 atom stereocenters. The van der Waals surface area contributed by atoms with E-state index in [1.807, 2.05) is 61.5 Å². The van der Waals surface area contributed by atoms with E-state index in [2.05, 4.69) is 14.4 Å². The maximum Gasteiger partial charge on any atom is 0.326 e. The van der Waals surface area contributed by atoms with Crippen LogP contribution in [-0.2, 0) is 9.53 Å². The van der Waals surface area contributed by atoms with Crippen molar-refractivity contribution in [1.82, 2.24) is 14.7 Å². The minimum atomic E-state index is -0.426. The number of nitrogens with zero attached hydrogens (tertiary/aromatic N) is 2. The third-order valence-corrected chi connectivity index (χ3v) is 6.07. The summed E-state index contributed by atoms with van der Waals surface area (Å²) in [5.41, 5.74) is 8.55. The maximum absolute atomic E-state index is 11.1. The Kier molecular flexibility index (Phi) is 11.3. The molecule has 5 N–H and O–H groups in total. The second-order valence-electron chi connectivity index (χ2n) is 6.73. The topological polar surface area (TPSA) is 116 Å². The number of nitrogens with two attached hydrogens (primary N) is 2. The van der Waals surface area contributed by atoms with Gasteiger partial charge in [0.05, 0.1) is 29.0 Å². The molecule has 3 rings (SSSR count). The number of esters is 1. The monoisotopic (exact) mass is 487 g/mol. The summed E-state index contributed by atoms with van der Waals surface area (Å²) in [5.74, 6) is 6.14. The number of aromatic nitrogens is 1. The number of pyridine rings is 1. The van der Waals surface area contributed by atoms with Gasteiger partial charge in [-0.3, -0.25) is 14.5 Å². The number of benzene rings is 1. The van der Waals surface area contributed by atoms with Crippen molar-refractivity contribution in [2.24, 2.45) is 11.6 Å². The molecule has 2 aromatic heterocycles. The van der Waals surface area contributed by atoms with Gasteiger partial charge in [0.15, 0.2) is 0 Å². The molecule has 0 fully saturated rings. The van der Waals surface area contributed by atoms with E-state index in [1.165, 1.54) is 35.8 Å². The normalized spacial score (nSPS) is 10.7. The van der Waals surface area contributed by atoms with Crippen LogP contribution in [0.1, 0.15) is 5.56 Å². The first-order valence-electron chi connectivity index (χ1n) is 9.97. The largest absolute Gasteiger partial charge is 0.497 e. The molecule has 2 heterocycles. The average molecular weight is 488 g/mol. The molecular weight excluding hydrogens is 458 g/mol. The van der Waals surface area contributed by atoms with Crippen LogP contribution in [0.2, 0.25) is 0 Å². The van der Waals surface area contributed by atoms with Gasteiger partial charge < -0.3 is 20.2 Å². The number of rotatable bonds is 9. The third-order valence-electron chi connectivity index (χ3n) is 4.04. The van der Waals surface area contributed by atoms with E-state index < -0.39 is 5.97 Å². The lowest BCUT2D eigenvalue weighted by Gasteiger charge is -2.13. The Hall–Kier alpha value is -3.05. The molecular formula is C23H29N5O3S2. The minimum Gasteiger partial charge on any atom is -0.497 e. The highest BCUT2D eigenvalue weighted by Crippen LogP contribution is 2.31. The van der Waals surface area contributed by atoms with Crippen molar-refractivity contribution in [2.45, 2.75) is 11.1 Å². The van der Waals surface area contributed by atoms with E-state index in [0.717, 1.165) is 20.5 Å². The number of carbonyl (C=O) groups excluding carboxylic acids is 1. The van der Waals surface area contributed by atoms with Gasteiger partial charge in [0.2, 0.25) is 0 Å². The van der Waals surface area contributed by atoms with Crippen molar-refractivity contribution in [1.29, 1.82) is 0 Å². The van der Waals surface area contributed by atoms with Gasteiger partial charge in [0.25, 0.3) is 0 Å². The number of methoxy groups -OCH3 is 2.